The van der Waals surface area contributed by atoms with E-state index >= 15 is 0 Å². The number of pyridine rings is 1. The number of nitrogens with one attached hydrogen (secondary N) is 1. The fourth-order valence-corrected chi connectivity index (χ4v) is 4.03. The Hall–Kier alpha value is -3.26. The van der Waals surface area contributed by atoms with Crippen molar-refractivity contribution in [2.45, 2.75) is 25.9 Å². The molecule has 3 heterocycles. The molecule has 1 aromatic carbocycles. The molecule has 2 aromatic heterocycles. The lowest BCUT2D eigenvalue weighted by atomic mass is 10.0. The standard InChI is InChI=1S/C22H22N4O3S/c1-14(2)13-25-21(20(24-22(25)30)17-5-3-4-12-23-17)19-11-10-18(29-19)15-6-8-16(9-7-15)26(27)28/h3-12,14,20-21H,13H2,1-2H3,(H,24,30)/t20-,21-/m0/s1. The Labute approximate surface area is 179 Å². The van der Waals surface area contributed by atoms with Crippen LogP contribution in [0.4, 0.5) is 5.69 Å². The smallest absolute Gasteiger partial charge is 0.269 e. The SMILES string of the molecule is CC(C)CN1C(=S)N[C@@H](c2ccccn2)[C@@H]1c1ccc(-c2ccc([N+](=O)[O-])cc2)o1. The van der Waals surface area contributed by atoms with Crippen molar-refractivity contribution in [2.75, 3.05) is 6.54 Å². The van der Waals surface area contributed by atoms with Crippen molar-refractivity contribution in [3.05, 3.63) is 82.4 Å². The Morgan fingerprint density at radius 1 is 1.20 bits per heavy atom. The molecule has 4 rings (SSSR count). The normalized spacial score (nSPS) is 18.6. The van der Waals surface area contributed by atoms with Crippen LogP contribution in [0.3, 0.4) is 0 Å². The lowest BCUT2D eigenvalue weighted by Gasteiger charge is -2.27. The molecular weight excluding hydrogens is 400 g/mol. The van der Waals surface area contributed by atoms with Crippen LogP contribution < -0.4 is 5.32 Å². The highest BCUT2D eigenvalue weighted by Crippen LogP contribution is 2.40. The van der Waals surface area contributed by atoms with Gasteiger partial charge in [0.05, 0.1) is 16.7 Å². The van der Waals surface area contributed by atoms with E-state index in [0.29, 0.717) is 16.8 Å². The summed E-state index contributed by atoms with van der Waals surface area (Å²) < 4.78 is 6.23. The number of rotatable bonds is 6. The van der Waals surface area contributed by atoms with Gasteiger partial charge in [-0.05, 0) is 54.5 Å². The first-order valence-corrected chi connectivity index (χ1v) is 10.2. The average molecular weight is 423 g/mol. The van der Waals surface area contributed by atoms with Crippen LogP contribution >= 0.6 is 12.2 Å². The van der Waals surface area contributed by atoms with E-state index in [0.717, 1.165) is 23.6 Å². The van der Waals surface area contributed by atoms with Gasteiger partial charge in [-0.15, -0.1) is 0 Å². The Balaban J connectivity index is 1.69. The number of hydrogen-bond acceptors (Lipinski definition) is 5. The van der Waals surface area contributed by atoms with E-state index in [1.165, 1.54) is 12.1 Å². The molecule has 1 N–H and O–H groups in total. The number of furan rings is 1. The second-order valence-corrected chi connectivity index (χ2v) is 8.07. The van der Waals surface area contributed by atoms with E-state index in [-0.39, 0.29) is 17.8 Å². The third-order valence-corrected chi connectivity index (χ3v) is 5.39. The van der Waals surface area contributed by atoms with Gasteiger partial charge in [0, 0.05) is 30.4 Å². The monoisotopic (exact) mass is 422 g/mol. The Kier molecular flexibility index (Phi) is 5.50. The van der Waals surface area contributed by atoms with Crippen LogP contribution in [0.1, 0.15) is 37.4 Å². The zero-order valence-electron chi connectivity index (χ0n) is 16.7. The van der Waals surface area contributed by atoms with Gasteiger partial charge in [-0.2, -0.15) is 0 Å². The summed E-state index contributed by atoms with van der Waals surface area (Å²) in [5.41, 5.74) is 1.73. The molecule has 1 fully saturated rings. The molecule has 1 aliphatic heterocycles. The topological polar surface area (TPSA) is 84.4 Å². The lowest BCUT2D eigenvalue weighted by Crippen LogP contribution is -2.32. The van der Waals surface area contributed by atoms with Gasteiger partial charge >= 0.3 is 0 Å². The number of benzene rings is 1. The predicted molar refractivity (Wildman–Crippen MR) is 118 cm³/mol. The number of nitrogens with zero attached hydrogens (tertiary/aromatic N) is 3. The van der Waals surface area contributed by atoms with E-state index in [4.69, 9.17) is 16.6 Å². The third kappa shape index (κ3) is 3.91. The van der Waals surface area contributed by atoms with Crippen molar-refractivity contribution in [2.24, 2.45) is 5.92 Å². The Bertz CT molecular complexity index is 1050. The maximum atomic E-state index is 10.9. The molecular formula is C22H22N4O3S. The summed E-state index contributed by atoms with van der Waals surface area (Å²) in [7, 11) is 0. The van der Waals surface area contributed by atoms with Crippen molar-refractivity contribution in [3.63, 3.8) is 0 Å². The van der Waals surface area contributed by atoms with Crippen molar-refractivity contribution in [1.29, 1.82) is 0 Å². The number of thiocarbonyl (C=S) groups is 1. The van der Waals surface area contributed by atoms with Gasteiger partial charge < -0.3 is 14.6 Å². The summed E-state index contributed by atoms with van der Waals surface area (Å²) in [5.74, 6) is 1.84. The highest BCUT2D eigenvalue weighted by atomic mass is 32.1. The first kappa shape index (κ1) is 20.0. The van der Waals surface area contributed by atoms with Crippen LogP contribution in [-0.4, -0.2) is 26.5 Å². The number of nitro groups is 1. The molecule has 2 atom stereocenters. The minimum Gasteiger partial charge on any atom is -0.459 e. The number of aromatic nitrogens is 1. The molecule has 0 saturated carbocycles. The van der Waals surface area contributed by atoms with E-state index < -0.39 is 4.92 Å². The van der Waals surface area contributed by atoms with Gasteiger partial charge in [-0.25, -0.2) is 0 Å². The predicted octanol–water partition coefficient (Wildman–Crippen LogP) is 4.88. The molecule has 0 spiro atoms. The number of nitro benzene ring substituents is 1. The lowest BCUT2D eigenvalue weighted by molar-refractivity contribution is -0.384. The van der Waals surface area contributed by atoms with Crippen molar-refractivity contribution in [1.82, 2.24) is 15.2 Å². The summed E-state index contributed by atoms with van der Waals surface area (Å²) in [4.78, 5) is 17.2. The molecule has 0 amide bonds. The Morgan fingerprint density at radius 2 is 1.97 bits per heavy atom. The fourth-order valence-electron chi connectivity index (χ4n) is 3.72. The number of hydrogen-bond donors (Lipinski definition) is 1. The van der Waals surface area contributed by atoms with Crippen LogP contribution in [0.5, 0.6) is 0 Å². The van der Waals surface area contributed by atoms with Gasteiger partial charge in [0.2, 0.25) is 0 Å². The molecule has 1 aliphatic rings. The third-order valence-electron chi connectivity index (χ3n) is 5.04. The minimum atomic E-state index is -0.413. The Morgan fingerprint density at radius 3 is 2.60 bits per heavy atom. The first-order valence-electron chi connectivity index (χ1n) is 9.76. The molecule has 0 radical (unpaired) electrons. The molecule has 8 heteroatoms. The second kappa shape index (κ2) is 8.23. The fraction of sp³-hybridized carbons (Fsp3) is 0.273. The van der Waals surface area contributed by atoms with Crippen LogP contribution in [0.25, 0.3) is 11.3 Å². The van der Waals surface area contributed by atoms with Gasteiger partial charge in [0.15, 0.2) is 5.11 Å². The van der Waals surface area contributed by atoms with E-state index in [1.54, 1.807) is 18.3 Å². The summed E-state index contributed by atoms with van der Waals surface area (Å²) in [6.07, 6.45) is 1.77. The van der Waals surface area contributed by atoms with Crippen LogP contribution in [0.2, 0.25) is 0 Å². The van der Waals surface area contributed by atoms with Gasteiger partial charge in [-0.3, -0.25) is 15.1 Å². The molecule has 0 bridgehead atoms. The highest BCUT2D eigenvalue weighted by molar-refractivity contribution is 7.80. The summed E-state index contributed by atoms with van der Waals surface area (Å²) in [5, 5.41) is 15.0. The van der Waals surface area contributed by atoms with E-state index in [2.05, 4.69) is 29.0 Å². The maximum absolute atomic E-state index is 10.9. The minimum absolute atomic E-state index is 0.0502. The summed E-state index contributed by atoms with van der Waals surface area (Å²) >= 11 is 5.63. The van der Waals surface area contributed by atoms with Crippen molar-refractivity contribution >= 4 is 23.0 Å². The first-order chi connectivity index (χ1) is 14.4. The van der Waals surface area contributed by atoms with Crippen molar-refractivity contribution in [3.8, 4) is 11.3 Å². The van der Waals surface area contributed by atoms with E-state index in [9.17, 15) is 10.1 Å². The maximum Gasteiger partial charge on any atom is 0.269 e. The van der Waals surface area contributed by atoms with Crippen LogP contribution in [-0.2, 0) is 0 Å². The van der Waals surface area contributed by atoms with Crippen LogP contribution in [0.15, 0.2) is 65.2 Å². The summed E-state index contributed by atoms with van der Waals surface area (Å²) in [6, 6.07) is 15.7. The molecule has 1 saturated heterocycles. The van der Waals surface area contributed by atoms with Gasteiger partial charge in [-0.1, -0.05) is 19.9 Å². The zero-order chi connectivity index (χ0) is 21.3. The zero-order valence-corrected chi connectivity index (χ0v) is 17.5. The van der Waals surface area contributed by atoms with Crippen molar-refractivity contribution < 1.29 is 9.34 Å². The quantitative estimate of drug-likeness (QED) is 0.344. The molecule has 154 valence electrons. The van der Waals surface area contributed by atoms with Crippen LogP contribution in [0, 0.1) is 16.0 Å². The highest BCUT2D eigenvalue weighted by Gasteiger charge is 2.41. The molecule has 0 unspecified atom stereocenters. The van der Waals surface area contributed by atoms with Gasteiger partial charge in [0.1, 0.15) is 17.6 Å². The molecule has 30 heavy (non-hydrogen) atoms. The molecule has 7 nitrogen and oxygen atoms in total. The largest absolute Gasteiger partial charge is 0.459 e. The van der Waals surface area contributed by atoms with E-state index in [1.807, 2.05) is 30.3 Å². The molecule has 3 aromatic rings. The number of non-ortho nitro benzene ring substituents is 1. The summed E-state index contributed by atoms with van der Waals surface area (Å²) in [6.45, 7) is 5.09. The second-order valence-electron chi connectivity index (χ2n) is 7.68. The average Bonchev–Trinajstić information content (AvgIpc) is 3.33. The van der Waals surface area contributed by atoms with Gasteiger partial charge in [0.25, 0.3) is 5.69 Å². The molecule has 0 aliphatic carbocycles.